The average Bonchev–Trinajstić information content (AvgIpc) is 3.64. The van der Waals surface area contributed by atoms with Crippen molar-refractivity contribution >= 4 is 23.3 Å². The fourth-order valence-corrected chi connectivity index (χ4v) is 6.71. The van der Waals surface area contributed by atoms with Crippen molar-refractivity contribution in [3.8, 4) is 5.75 Å². The molecule has 3 aliphatic rings. The summed E-state index contributed by atoms with van der Waals surface area (Å²) in [6.07, 6.45) is 7.08. The van der Waals surface area contributed by atoms with Crippen LogP contribution in [0.25, 0.3) is 0 Å². The van der Waals surface area contributed by atoms with E-state index in [-0.39, 0.29) is 29.6 Å². The van der Waals surface area contributed by atoms with E-state index in [0.717, 1.165) is 51.3 Å². The number of carbonyl (C=O) groups excluding carboxylic acids is 3. The molecule has 3 saturated heterocycles. The third-order valence-electron chi connectivity index (χ3n) is 9.51. The molecule has 236 valence electrons. The van der Waals surface area contributed by atoms with Gasteiger partial charge in [0, 0.05) is 75.2 Å². The lowest BCUT2D eigenvalue weighted by Crippen LogP contribution is -2.44. The van der Waals surface area contributed by atoms with Gasteiger partial charge in [0.15, 0.2) is 5.78 Å². The number of Topliss-reactive ketones (excluding diaryl/α,β-unsaturated/α-hetero) is 1. The Morgan fingerprint density at radius 1 is 0.800 bits per heavy atom. The summed E-state index contributed by atoms with van der Waals surface area (Å²) in [5, 5.41) is 3.14. The Hall–Kier alpha value is -4.24. The van der Waals surface area contributed by atoms with Crippen LogP contribution in [0.3, 0.4) is 0 Å². The number of nitrogens with zero attached hydrogens (tertiary/aromatic N) is 4. The first-order valence-electron chi connectivity index (χ1n) is 16.3. The van der Waals surface area contributed by atoms with E-state index < -0.39 is 0 Å². The third kappa shape index (κ3) is 7.53. The summed E-state index contributed by atoms with van der Waals surface area (Å²) in [6.45, 7) is 6.13. The number of rotatable bonds is 9. The molecule has 0 aliphatic carbocycles. The fourth-order valence-electron chi connectivity index (χ4n) is 6.71. The Bertz CT molecular complexity index is 1450. The molecule has 9 nitrogen and oxygen atoms in total. The number of amides is 2. The summed E-state index contributed by atoms with van der Waals surface area (Å²) in [7, 11) is 1.60. The van der Waals surface area contributed by atoms with Crippen LogP contribution in [0.4, 0.5) is 5.69 Å². The summed E-state index contributed by atoms with van der Waals surface area (Å²) in [5.74, 6) is 0.389. The summed E-state index contributed by atoms with van der Waals surface area (Å²) in [4.78, 5) is 50.0. The lowest BCUT2D eigenvalue weighted by Gasteiger charge is -2.32. The second-order valence-electron chi connectivity index (χ2n) is 12.5. The van der Waals surface area contributed by atoms with E-state index in [2.05, 4.69) is 44.4 Å². The molecule has 0 spiro atoms. The molecule has 0 atom stereocenters. The van der Waals surface area contributed by atoms with Gasteiger partial charge in [-0.25, -0.2) is 0 Å². The number of pyridine rings is 1. The van der Waals surface area contributed by atoms with E-state index in [0.29, 0.717) is 42.8 Å². The van der Waals surface area contributed by atoms with Gasteiger partial charge < -0.3 is 19.9 Å². The van der Waals surface area contributed by atoms with E-state index in [1.54, 1.807) is 48.4 Å². The van der Waals surface area contributed by atoms with Gasteiger partial charge in [0.1, 0.15) is 11.4 Å². The van der Waals surface area contributed by atoms with Gasteiger partial charge in [0.05, 0.1) is 12.7 Å². The van der Waals surface area contributed by atoms with Crippen LogP contribution in [0.2, 0.25) is 0 Å². The molecule has 1 N–H and O–H groups in total. The molecular weight excluding hydrogens is 566 g/mol. The van der Waals surface area contributed by atoms with Crippen molar-refractivity contribution in [1.29, 1.82) is 0 Å². The normalized spacial score (nSPS) is 18.2. The minimum absolute atomic E-state index is 0.107. The number of benzene rings is 2. The highest BCUT2D eigenvalue weighted by Gasteiger charge is 2.29. The molecule has 2 aromatic carbocycles. The van der Waals surface area contributed by atoms with Crippen molar-refractivity contribution in [2.24, 2.45) is 5.92 Å². The first-order chi connectivity index (χ1) is 22.0. The number of hydrogen-bond acceptors (Lipinski definition) is 7. The molecule has 6 rings (SSSR count). The number of carbonyl (C=O) groups is 3. The van der Waals surface area contributed by atoms with Crippen molar-refractivity contribution in [2.75, 3.05) is 51.3 Å². The predicted molar refractivity (Wildman–Crippen MR) is 174 cm³/mol. The Labute approximate surface area is 265 Å². The number of piperidine rings is 2. The fraction of sp³-hybridized carbons (Fsp3) is 0.444. The van der Waals surface area contributed by atoms with Crippen LogP contribution < -0.4 is 15.0 Å². The van der Waals surface area contributed by atoms with Crippen LogP contribution in [0, 0.1) is 5.92 Å². The third-order valence-corrected chi connectivity index (χ3v) is 9.51. The molecule has 0 unspecified atom stereocenters. The van der Waals surface area contributed by atoms with Gasteiger partial charge in [-0.2, -0.15) is 0 Å². The largest absolute Gasteiger partial charge is 0.497 e. The maximum Gasteiger partial charge on any atom is 0.270 e. The molecule has 3 fully saturated rings. The van der Waals surface area contributed by atoms with Gasteiger partial charge in [-0.3, -0.25) is 24.3 Å². The lowest BCUT2D eigenvalue weighted by molar-refractivity contribution is 0.0649. The topological polar surface area (TPSA) is 95.1 Å². The number of ketones is 1. The van der Waals surface area contributed by atoms with Gasteiger partial charge in [0.2, 0.25) is 0 Å². The molecule has 45 heavy (non-hydrogen) atoms. The highest BCUT2D eigenvalue weighted by molar-refractivity contribution is 5.99. The number of nitrogens with one attached hydrogen (secondary N) is 1. The van der Waals surface area contributed by atoms with Crippen LogP contribution >= 0.6 is 0 Å². The summed E-state index contributed by atoms with van der Waals surface area (Å²) >= 11 is 0. The number of likely N-dealkylation sites (tertiary alicyclic amines) is 2. The van der Waals surface area contributed by atoms with Crippen molar-refractivity contribution in [1.82, 2.24) is 20.1 Å². The first kappa shape index (κ1) is 30.8. The number of hydrogen-bond donors (Lipinski definition) is 1. The molecule has 0 saturated carbocycles. The molecule has 2 amide bonds. The van der Waals surface area contributed by atoms with Crippen molar-refractivity contribution in [2.45, 2.75) is 51.1 Å². The summed E-state index contributed by atoms with van der Waals surface area (Å²) in [6, 6.07) is 19.6. The number of methoxy groups -OCH3 is 1. The zero-order valence-corrected chi connectivity index (χ0v) is 26.1. The maximum atomic E-state index is 13.1. The molecule has 3 aliphatic heterocycles. The average molecular weight is 610 g/mol. The Morgan fingerprint density at radius 2 is 1.47 bits per heavy atom. The van der Waals surface area contributed by atoms with Crippen molar-refractivity contribution in [3.63, 3.8) is 0 Å². The molecule has 0 bridgehead atoms. The Kier molecular flexibility index (Phi) is 9.74. The highest BCUT2D eigenvalue weighted by Crippen LogP contribution is 2.25. The Morgan fingerprint density at radius 3 is 2.09 bits per heavy atom. The minimum Gasteiger partial charge on any atom is -0.497 e. The molecule has 4 heterocycles. The van der Waals surface area contributed by atoms with Gasteiger partial charge in [-0.05, 0) is 92.6 Å². The first-order valence-corrected chi connectivity index (χ1v) is 16.3. The summed E-state index contributed by atoms with van der Waals surface area (Å²) in [5.41, 5.74) is 4.08. The molecule has 9 heteroatoms. The monoisotopic (exact) mass is 609 g/mol. The predicted octanol–water partition coefficient (Wildman–Crippen LogP) is 4.82. The zero-order chi connectivity index (χ0) is 31.2. The SMILES string of the molecule is COc1ccc(C(=O)C2CCN(C(=O)c3ccc(C(=O)NC4CCN(Cc5ccc(N6CCCC6)cc5)CC4)nc3)CC2)cc1. The zero-order valence-electron chi connectivity index (χ0n) is 26.1. The van der Waals surface area contributed by atoms with Crippen molar-refractivity contribution < 1.29 is 19.1 Å². The molecule has 3 aromatic rings. The molecule has 1 aromatic heterocycles. The highest BCUT2D eigenvalue weighted by atomic mass is 16.5. The van der Waals surface area contributed by atoms with E-state index in [1.165, 1.54) is 30.3 Å². The van der Waals surface area contributed by atoms with Crippen LogP contribution in [0.1, 0.15) is 75.3 Å². The molecular formula is C36H43N5O4. The van der Waals surface area contributed by atoms with Crippen LogP contribution in [-0.2, 0) is 6.54 Å². The second-order valence-corrected chi connectivity index (χ2v) is 12.5. The number of aromatic nitrogens is 1. The van der Waals surface area contributed by atoms with Gasteiger partial charge >= 0.3 is 0 Å². The standard InChI is InChI=1S/C36H43N5O4/c1-45-32-11-6-27(7-12-32)34(42)28-14-22-41(23-15-28)36(44)29-8-13-33(37-24-29)35(43)38-30-16-20-39(21-17-30)25-26-4-9-31(10-5-26)40-18-2-3-19-40/h4-13,24,28,30H,2-3,14-23,25H2,1H3,(H,38,43). The smallest absolute Gasteiger partial charge is 0.270 e. The van der Waals surface area contributed by atoms with Crippen LogP contribution in [0.5, 0.6) is 5.75 Å². The van der Waals surface area contributed by atoms with E-state index in [9.17, 15) is 14.4 Å². The van der Waals surface area contributed by atoms with Crippen molar-refractivity contribution in [3.05, 3.63) is 89.2 Å². The minimum atomic E-state index is -0.206. The lowest BCUT2D eigenvalue weighted by atomic mass is 9.88. The summed E-state index contributed by atoms with van der Waals surface area (Å²) < 4.78 is 5.18. The van der Waals surface area contributed by atoms with Gasteiger partial charge in [-0.15, -0.1) is 0 Å². The molecule has 0 radical (unpaired) electrons. The van der Waals surface area contributed by atoms with Crippen LogP contribution in [0.15, 0.2) is 66.9 Å². The van der Waals surface area contributed by atoms with E-state index in [4.69, 9.17) is 4.74 Å². The number of anilines is 1. The van der Waals surface area contributed by atoms with Crippen LogP contribution in [-0.4, -0.2) is 84.8 Å². The van der Waals surface area contributed by atoms with Gasteiger partial charge in [0.25, 0.3) is 11.8 Å². The Balaban J connectivity index is 0.930. The quantitative estimate of drug-likeness (QED) is 0.348. The number of ether oxygens (including phenoxy) is 1. The maximum absolute atomic E-state index is 13.1. The van der Waals surface area contributed by atoms with Gasteiger partial charge in [-0.1, -0.05) is 12.1 Å². The van der Waals surface area contributed by atoms with E-state index >= 15 is 0 Å². The second kappa shape index (κ2) is 14.2. The van der Waals surface area contributed by atoms with E-state index in [1.807, 2.05) is 0 Å².